The Morgan fingerprint density at radius 3 is 2.09 bits per heavy atom. The van der Waals surface area contributed by atoms with Crippen LogP contribution >= 0.6 is 11.8 Å². The topological polar surface area (TPSA) is 42.3 Å². The monoisotopic (exact) mass is 446 g/mol. The van der Waals surface area contributed by atoms with Gasteiger partial charge in [-0.15, -0.1) is 0 Å². The Morgan fingerprint density at radius 2 is 1.56 bits per heavy atom. The molecule has 2 amide bonds. The molecule has 4 nitrogen and oxygen atoms in total. The lowest BCUT2D eigenvalue weighted by molar-refractivity contribution is -0.121. The first kappa shape index (κ1) is 20.3. The summed E-state index contributed by atoms with van der Waals surface area (Å²) in [6.45, 7) is 4.19. The molecule has 4 aliphatic carbocycles. The molecule has 5 fully saturated rings. The number of carbonyl (C=O) groups is 2. The molecule has 4 saturated carbocycles. The SMILES string of the molecule is Cc1cc(/C=C2/SC(=O)N(C)C2=O)c(C)n1-c1ccc(C23CC4CC(CC(C4)C2)C3)cc1. The number of benzene rings is 1. The van der Waals surface area contributed by atoms with Crippen LogP contribution in [0.5, 0.6) is 0 Å². The van der Waals surface area contributed by atoms with E-state index in [-0.39, 0.29) is 11.1 Å². The van der Waals surface area contributed by atoms with Crippen LogP contribution in [0.25, 0.3) is 11.8 Å². The van der Waals surface area contributed by atoms with E-state index in [1.807, 2.05) is 6.08 Å². The van der Waals surface area contributed by atoms with Crippen molar-refractivity contribution in [1.29, 1.82) is 0 Å². The van der Waals surface area contributed by atoms with Crippen molar-refractivity contribution in [2.45, 2.75) is 57.8 Å². The van der Waals surface area contributed by atoms with Crippen LogP contribution < -0.4 is 0 Å². The number of aromatic nitrogens is 1. The van der Waals surface area contributed by atoms with Gasteiger partial charge in [0.2, 0.25) is 0 Å². The molecule has 2 aromatic rings. The summed E-state index contributed by atoms with van der Waals surface area (Å²) in [6.07, 6.45) is 10.4. The molecule has 0 N–H and O–H groups in total. The smallest absolute Gasteiger partial charge is 0.293 e. The number of aryl methyl sites for hydroxylation is 1. The van der Waals surface area contributed by atoms with E-state index in [9.17, 15) is 9.59 Å². The second kappa shape index (κ2) is 7.11. The van der Waals surface area contributed by atoms with Crippen molar-refractivity contribution in [3.8, 4) is 5.69 Å². The number of amides is 2. The van der Waals surface area contributed by atoms with Gasteiger partial charge < -0.3 is 4.57 Å². The third kappa shape index (κ3) is 3.04. The average molecular weight is 447 g/mol. The fourth-order valence-corrected chi connectivity index (χ4v) is 8.26. The van der Waals surface area contributed by atoms with E-state index >= 15 is 0 Å². The third-order valence-electron chi connectivity index (χ3n) is 8.52. The normalized spacial score (nSPS) is 32.5. The van der Waals surface area contributed by atoms with E-state index in [1.54, 1.807) is 5.56 Å². The van der Waals surface area contributed by atoms with Gasteiger partial charge in [-0.1, -0.05) is 12.1 Å². The third-order valence-corrected chi connectivity index (χ3v) is 9.48. The lowest BCUT2D eigenvalue weighted by Gasteiger charge is -2.57. The minimum atomic E-state index is -0.218. The van der Waals surface area contributed by atoms with Gasteiger partial charge in [-0.05, 0) is 123 Å². The predicted octanol–water partition coefficient (Wildman–Crippen LogP) is 6.23. The Balaban J connectivity index is 1.31. The molecular weight excluding hydrogens is 416 g/mol. The largest absolute Gasteiger partial charge is 0.318 e. The number of nitrogens with zero attached hydrogens (tertiary/aromatic N) is 2. The quantitative estimate of drug-likeness (QED) is 0.525. The van der Waals surface area contributed by atoms with Crippen molar-refractivity contribution in [3.63, 3.8) is 0 Å². The fourth-order valence-electron chi connectivity index (χ4n) is 7.45. The number of imide groups is 1. The van der Waals surface area contributed by atoms with Gasteiger partial charge in [-0.25, -0.2) is 0 Å². The number of hydrogen-bond acceptors (Lipinski definition) is 3. The van der Waals surface area contributed by atoms with Crippen molar-refractivity contribution in [3.05, 3.63) is 57.8 Å². The highest BCUT2D eigenvalue weighted by Crippen LogP contribution is 2.60. The van der Waals surface area contributed by atoms with Gasteiger partial charge in [0.25, 0.3) is 11.1 Å². The molecule has 0 atom stereocenters. The Bertz CT molecular complexity index is 1120. The van der Waals surface area contributed by atoms with Crippen molar-refractivity contribution < 1.29 is 9.59 Å². The van der Waals surface area contributed by atoms with E-state index < -0.39 is 0 Å². The van der Waals surface area contributed by atoms with Crippen molar-refractivity contribution >= 4 is 29.0 Å². The van der Waals surface area contributed by atoms with E-state index in [1.165, 1.54) is 50.5 Å². The van der Waals surface area contributed by atoms with Crippen LogP contribution in [0.2, 0.25) is 0 Å². The molecule has 1 aliphatic heterocycles. The first-order valence-corrected chi connectivity index (χ1v) is 12.7. The van der Waals surface area contributed by atoms with E-state index in [0.717, 1.165) is 52.2 Å². The van der Waals surface area contributed by atoms with Crippen molar-refractivity contribution in [2.75, 3.05) is 7.05 Å². The molecule has 2 heterocycles. The minimum Gasteiger partial charge on any atom is -0.318 e. The Hall–Kier alpha value is -2.27. The maximum absolute atomic E-state index is 12.3. The lowest BCUT2D eigenvalue weighted by Crippen LogP contribution is -2.48. The zero-order chi connectivity index (χ0) is 22.2. The Morgan fingerprint density at radius 1 is 0.969 bits per heavy atom. The highest BCUT2D eigenvalue weighted by molar-refractivity contribution is 8.18. The van der Waals surface area contributed by atoms with Gasteiger partial charge in [0, 0.05) is 24.1 Å². The fraction of sp³-hybridized carbons (Fsp3) is 0.481. The average Bonchev–Trinajstić information content (AvgIpc) is 3.16. The molecule has 5 heteroatoms. The minimum absolute atomic E-state index is 0.213. The maximum Gasteiger partial charge on any atom is 0.293 e. The first-order chi connectivity index (χ1) is 15.3. The van der Waals surface area contributed by atoms with Gasteiger partial charge in [-0.2, -0.15) is 0 Å². The van der Waals surface area contributed by atoms with Crippen LogP contribution in [-0.4, -0.2) is 27.7 Å². The van der Waals surface area contributed by atoms with Crippen LogP contribution in [0.1, 0.15) is 61.0 Å². The second-order valence-electron chi connectivity index (χ2n) is 10.6. The summed E-state index contributed by atoms with van der Waals surface area (Å²) in [7, 11) is 1.53. The number of rotatable bonds is 3. The summed E-state index contributed by atoms with van der Waals surface area (Å²) >= 11 is 1.01. The van der Waals surface area contributed by atoms with Crippen LogP contribution in [0.3, 0.4) is 0 Å². The summed E-state index contributed by atoms with van der Waals surface area (Å²) in [5, 5.41) is -0.213. The number of hydrogen-bond donors (Lipinski definition) is 0. The molecule has 4 bridgehead atoms. The van der Waals surface area contributed by atoms with Crippen LogP contribution in [-0.2, 0) is 10.2 Å². The van der Waals surface area contributed by atoms with Gasteiger partial charge in [0.1, 0.15) is 0 Å². The number of thioether (sulfide) groups is 1. The highest BCUT2D eigenvalue weighted by atomic mass is 32.2. The molecular formula is C27H30N2O2S. The summed E-state index contributed by atoms with van der Waals surface area (Å²) in [5.41, 5.74) is 6.34. The number of carbonyl (C=O) groups excluding carboxylic acids is 2. The van der Waals surface area contributed by atoms with Crippen LogP contribution in [0.4, 0.5) is 4.79 Å². The summed E-state index contributed by atoms with van der Waals surface area (Å²) in [4.78, 5) is 25.8. The number of likely N-dealkylation sites (N-methyl/N-ethyl adjacent to an activating group) is 1. The standard InChI is InChI=1S/C27H30N2O2S/c1-16-8-21(12-24-25(30)28(3)26(31)32-24)17(2)29(16)23-6-4-22(5-7-23)27-13-18-9-19(14-27)11-20(10-18)15-27/h4-8,12,18-20H,9-11,13-15H2,1-3H3/b24-12+. The second-order valence-corrected chi connectivity index (χ2v) is 11.6. The van der Waals surface area contributed by atoms with Crippen LogP contribution in [0.15, 0.2) is 35.2 Å². The molecule has 0 unspecified atom stereocenters. The zero-order valence-electron chi connectivity index (χ0n) is 19.1. The Labute approximate surface area is 194 Å². The van der Waals surface area contributed by atoms with Crippen molar-refractivity contribution in [2.24, 2.45) is 17.8 Å². The molecule has 0 spiro atoms. The summed E-state index contributed by atoms with van der Waals surface area (Å²) < 4.78 is 2.26. The molecule has 7 rings (SSSR count). The molecule has 0 radical (unpaired) electrons. The first-order valence-electron chi connectivity index (χ1n) is 11.8. The van der Waals surface area contributed by atoms with Gasteiger partial charge >= 0.3 is 0 Å². The molecule has 1 aromatic carbocycles. The van der Waals surface area contributed by atoms with Crippen LogP contribution in [0, 0.1) is 31.6 Å². The van der Waals surface area contributed by atoms with Gasteiger partial charge in [-0.3, -0.25) is 14.5 Å². The lowest BCUT2D eigenvalue weighted by atomic mass is 9.48. The highest BCUT2D eigenvalue weighted by Gasteiger charge is 2.51. The van der Waals surface area contributed by atoms with Crippen molar-refractivity contribution in [1.82, 2.24) is 9.47 Å². The van der Waals surface area contributed by atoms with Gasteiger partial charge in [0.05, 0.1) is 4.91 Å². The summed E-state index contributed by atoms with van der Waals surface area (Å²) in [5.74, 6) is 2.64. The van der Waals surface area contributed by atoms with E-state index in [4.69, 9.17) is 0 Å². The molecule has 5 aliphatic rings. The van der Waals surface area contributed by atoms with Gasteiger partial charge in [0.15, 0.2) is 0 Å². The molecule has 1 aromatic heterocycles. The maximum atomic E-state index is 12.3. The molecule has 1 saturated heterocycles. The Kier molecular flexibility index (Phi) is 4.52. The van der Waals surface area contributed by atoms with E-state index in [0.29, 0.717) is 10.3 Å². The zero-order valence-corrected chi connectivity index (χ0v) is 19.9. The predicted molar refractivity (Wildman–Crippen MR) is 129 cm³/mol. The molecule has 166 valence electrons. The van der Waals surface area contributed by atoms with E-state index in [2.05, 4.69) is 48.7 Å². The molecule has 32 heavy (non-hydrogen) atoms. The summed E-state index contributed by atoms with van der Waals surface area (Å²) in [6, 6.07) is 11.4.